The van der Waals surface area contributed by atoms with Crippen LogP contribution in [0.3, 0.4) is 0 Å². The number of azo groups is 1. The number of aromatic hydroxyl groups is 1. The number of nitrogens with zero attached hydrogens (tertiary/aromatic N) is 2. The van der Waals surface area contributed by atoms with E-state index in [9.17, 15) is 9.90 Å². The Morgan fingerprint density at radius 3 is 2.29 bits per heavy atom. The van der Waals surface area contributed by atoms with Crippen LogP contribution >= 0.6 is 0 Å². The highest BCUT2D eigenvalue weighted by Crippen LogP contribution is 2.34. The first kappa shape index (κ1) is 17.7. The van der Waals surface area contributed by atoms with Gasteiger partial charge in [0.05, 0.1) is 5.69 Å². The minimum Gasteiger partial charge on any atom is -0.506 e. The molecule has 0 radical (unpaired) electrons. The van der Waals surface area contributed by atoms with Crippen LogP contribution in [0, 0.1) is 6.92 Å². The van der Waals surface area contributed by atoms with Crippen molar-refractivity contribution < 1.29 is 9.90 Å². The van der Waals surface area contributed by atoms with Crippen molar-refractivity contribution in [3.05, 3.63) is 47.5 Å². The molecule has 2 N–H and O–H groups in total. The lowest BCUT2D eigenvalue weighted by atomic mass is 9.87. The standard InChI is InChI=1S/C19H23N3O2/c1-12-10-15(20-13(2)23)7-8-16(12)21-22-17-11-14(19(3,4)5)6-9-18(17)24/h6-11,24H,1-5H3,(H,20,23). The third-order valence-electron chi connectivity index (χ3n) is 3.62. The molecule has 5 nitrogen and oxygen atoms in total. The molecule has 0 aliphatic rings. The van der Waals surface area contributed by atoms with Gasteiger partial charge in [0.25, 0.3) is 0 Å². The van der Waals surface area contributed by atoms with Crippen molar-refractivity contribution in [2.24, 2.45) is 10.2 Å². The first-order chi connectivity index (χ1) is 11.2. The number of carbonyl (C=O) groups is 1. The molecule has 0 heterocycles. The molecule has 2 rings (SSSR count). The van der Waals surface area contributed by atoms with Gasteiger partial charge in [-0.15, -0.1) is 5.11 Å². The highest BCUT2D eigenvalue weighted by Gasteiger charge is 2.15. The van der Waals surface area contributed by atoms with Crippen LogP contribution in [0.5, 0.6) is 5.75 Å². The zero-order valence-electron chi connectivity index (χ0n) is 14.7. The lowest BCUT2D eigenvalue weighted by Crippen LogP contribution is -2.10. The van der Waals surface area contributed by atoms with Crippen LogP contribution in [-0.2, 0) is 10.2 Å². The summed E-state index contributed by atoms with van der Waals surface area (Å²) in [6.07, 6.45) is 0. The van der Waals surface area contributed by atoms with E-state index in [-0.39, 0.29) is 17.1 Å². The maximum Gasteiger partial charge on any atom is 0.221 e. The van der Waals surface area contributed by atoms with Crippen LogP contribution in [0.4, 0.5) is 17.1 Å². The smallest absolute Gasteiger partial charge is 0.221 e. The van der Waals surface area contributed by atoms with Gasteiger partial charge in [0.1, 0.15) is 11.4 Å². The van der Waals surface area contributed by atoms with E-state index in [0.29, 0.717) is 11.4 Å². The summed E-state index contributed by atoms with van der Waals surface area (Å²) in [4.78, 5) is 11.1. The van der Waals surface area contributed by atoms with Crippen LogP contribution in [0.15, 0.2) is 46.6 Å². The fraction of sp³-hybridized carbons (Fsp3) is 0.316. The van der Waals surface area contributed by atoms with Gasteiger partial charge in [-0.1, -0.05) is 26.8 Å². The van der Waals surface area contributed by atoms with Gasteiger partial charge in [-0.05, 0) is 53.8 Å². The highest BCUT2D eigenvalue weighted by atomic mass is 16.3. The maximum atomic E-state index is 11.1. The van der Waals surface area contributed by atoms with Gasteiger partial charge in [0.15, 0.2) is 0 Å². The third-order valence-corrected chi connectivity index (χ3v) is 3.62. The fourth-order valence-corrected chi connectivity index (χ4v) is 2.23. The predicted molar refractivity (Wildman–Crippen MR) is 96.5 cm³/mol. The van der Waals surface area contributed by atoms with Crippen LogP contribution in [0.25, 0.3) is 0 Å². The number of phenolic OH excluding ortho intramolecular Hbond substituents is 1. The molecule has 0 aromatic heterocycles. The largest absolute Gasteiger partial charge is 0.506 e. The number of phenols is 1. The van der Waals surface area contributed by atoms with Gasteiger partial charge in [-0.2, -0.15) is 5.11 Å². The molecule has 1 amide bonds. The molecule has 0 unspecified atom stereocenters. The molecular weight excluding hydrogens is 302 g/mol. The average molecular weight is 325 g/mol. The average Bonchev–Trinajstić information content (AvgIpc) is 2.46. The van der Waals surface area contributed by atoms with Gasteiger partial charge >= 0.3 is 0 Å². The molecule has 126 valence electrons. The predicted octanol–water partition coefficient (Wildman–Crippen LogP) is 5.37. The van der Waals surface area contributed by atoms with Crippen molar-refractivity contribution in [1.29, 1.82) is 0 Å². The van der Waals surface area contributed by atoms with E-state index in [1.807, 2.05) is 25.1 Å². The summed E-state index contributed by atoms with van der Waals surface area (Å²) in [5.74, 6) is -0.0213. The third kappa shape index (κ3) is 4.41. The molecule has 0 aliphatic carbocycles. The van der Waals surface area contributed by atoms with Gasteiger partial charge in [-0.3, -0.25) is 4.79 Å². The zero-order valence-corrected chi connectivity index (χ0v) is 14.7. The monoisotopic (exact) mass is 325 g/mol. The van der Waals surface area contributed by atoms with E-state index in [1.165, 1.54) is 6.92 Å². The van der Waals surface area contributed by atoms with Crippen molar-refractivity contribution in [3.63, 3.8) is 0 Å². The Kier molecular flexibility index (Phi) is 5.02. The number of nitrogens with one attached hydrogen (secondary N) is 1. The topological polar surface area (TPSA) is 74.0 Å². The van der Waals surface area contributed by atoms with Crippen LogP contribution in [-0.4, -0.2) is 11.0 Å². The second-order valence-electron chi connectivity index (χ2n) is 6.84. The molecule has 5 heteroatoms. The van der Waals surface area contributed by atoms with Crippen molar-refractivity contribution in [2.45, 2.75) is 40.0 Å². The molecule has 0 spiro atoms. The number of rotatable bonds is 3. The van der Waals surface area contributed by atoms with Crippen molar-refractivity contribution in [1.82, 2.24) is 0 Å². The number of hydrogen-bond acceptors (Lipinski definition) is 4. The molecule has 24 heavy (non-hydrogen) atoms. The molecule has 0 atom stereocenters. The van der Waals surface area contributed by atoms with Crippen molar-refractivity contribution in [2.75, 3.05) is 5.32 Å². The summed E-state index contributed by atoms with van der Waals surface area (Å²) in [6, 6.07) is 10.8. The van der Waals surface area contributed by atoms with Crippen LogP contribution in [0.1, 0.15) is 38.8 Å². The molecule has 0 bridgehead atoms. The van der Waals surface area contributed by atoms with Crippen LogP contribution in [0.2, 0.25) is 0 Å². The number of benzene rings is 2. The number of aryl methyl sites for hydroxylation is 1. The molecule has 0 fully saturated rings. The number of amides is 1. The number of carbonyl (C=O) groups excluding carboxylic acids is 1. The first-order valence-electron chi connectivity index (χ1n) is 7.80. The van der Waals surface area contributed by atoms with Gasteiger partial charge in [-0.25, -0.2) is 0 Å². The first-order valence-corrected chi connectivity index (χ1v) is 7.80. The zero-order chi connectivity index (χ0) is 17.9. The summed E-state index contributed by atoms with van der Waals surface area (Å²) >= 11 is 0. The lowest BCUT2D eigenvalue weighted by Gasteiger charge is -2.19. The molecular formula is C19H23N3O2. The number of anilines is 1. The fourth-order valence-electron chi connectivity index (χ4n) is 2.23. The Bertz CT molecular complexity index is 790. The van der Waals surface area contributed by atoms with Crippen molar-refractivity contribution in [3.8, 4) is 5.75 Å². The quantitative estimate of drug-likeness (QED) is 0.744. The Morgan fingerprint density at radius 2 is 1.71 bits per heavy atom. The summed E-state index contributed by atoms with van der Waals surface area (Å²) < 4.78 is 0. The summed E-state index contributed by atoms with van der Waals surface area (Å²) in [5.41, 5.74) is 3.77. The van der Waals surface area contributed by atoms with Gasteiger partial charge < -0.3 is 10.4 Å². The normalized spacial score (nSPS) is 11.7. The Hall–Kier alpha value is -2.69. The molecule has 0 saturated carbocycles. The lowest BCUT2D eigenvalue weighted by molar-refractivity contribution is -0.114. The maximum absolute atomic E-state index is 11.1. The summed E-state index contributed by atoms with van der Waals surface area (Å²) in [6.45, 7) is 9.67. The molecule has 2 aromatic carbocycles. The van der Waals surface area contributed by atoms with Gasteiger partial charge in [0.2, 0.25) is 5.91 Å². The minimum atomic E-state index is -0.118. The Balaban J connectivity index is 2.29. The van der Waals surface area contributed by atoms with Crippen molar-refractivity contribution >= 4 is 23.0 Å². The Labute approximate surface area is 142 Å². The minimum absolute atomic E-state index is 0.0338. The summed E-state index contributed by atoms with van der Waals surface area (Å²) in [5, 5.41) is 21.1. The summed E-state index contributed by atoms with van der Waals surface area (Å²) in [7, 11) is 0. The van der Waals surface area contributed by atoms with E-state index >= 15 is 0 Å². The molecule has 0 saturated heterocycles. The van der Waals surface area contributed by atoms with E-state index in [4.69, 9.17) is 0 Å². The van der Waals surface area contributed by atoms with E-state index in [2.05, 4.69) is 36.3 Å². The number of hydrogen-bond donors (Lipinski definition) is 2. The van der Waals surface area contributed by atoms with E-state index in [0.717, 1.165) is 16.8 Å². The van der Waals surface area contributed by atoms with Crippen LogP contribution < -0.4 is 5.32 Å². The Morgan fingerprint density at radius 1 is 1.04 bits per heavy atom. The highest BCUT2D eigenvalue weighted by molar-refractivity contribution is 5.89. The van der Waals surface area contributed by atoms with E-state index in [1.54, 1.807) is 18.2 Å². The second kappa shape index (κ2) is 6.83. The van der Waals surface area contributed by atoms with E-state index < -0.39 is 0 Å². The molecule has 2 aromatic rings. The molecule has 0 aliphatic heterocycles. The SMILES string of the molecule is CC(=O)Nc1ccc(N=Nc2cc(C(C)(C)C)ccc2O)c(C)c1. The van der Waals surface area contributed by atoms with Gasteiger partial charge in [0, 0.05) is 12.6 Å². The second-order valence-corrected chi connectivity index (χ2v) is 6.84.